The Hall–Kier alpha value is -3.73. The molecule has 0 saturated heterocycles. The molecule has 236 valence electrons. The maximum absolute atomic E-state index is 14.1. The highest BCUT2D eigenvalue weighted by molar-refractivity contribution is 7.89. The molecule has 0 radical (unpaired) electrons. The average Bonchev–Trinajstić information content (AvgIpc) is 3.06. The molecule has 0 spiro atoms. The lowest BCUT2D eigenvalue weighted by Crippen LogP contribution is -2.41. The summed E-state index contributed by atoms with van der Waals surface area (Å²) in [4.78, 5) is 34.1. The molecule has 2 amide bonds. The van der Waals surface area contributed by atoms with E-state index in [1.54, 1.807) is 30.3 Å². The maximum atomic E-state index is 14.1. The van der Waals surface area contributed by atoms with Gasteiger partial charge in [-0.1, -0.05) is 42.5 Å². The summed E-state index contributed by atoms with van der Waals surface area (Å²) in [6, 6.07) is 22.1. The summed E-state index contributed by atoms with van der Waals surface area (Å²) >= 11 is 0. The second-order valence-electron chi connectivity index (χ2n) is 11.2. The van der Waals surface area contributed by atoms with Crippen LogP contribution in [0.15, 0.2) is 77.7 Å². The van der Waals surface area contributed by atoms with Crippen LogP contribution in [0.25, 0.3) is 0 Å². The van der Waals surface area contributed by atoms with E-state index >= 15 is 0 Å². The molecule has 9 nitrogen and oxygen atoms in total. The number of nitrogens with zero attached hydrogens (tertiary/aromatic N) is 3. The van der Waals surface area contributed by atoms with E-state index in [2.05, 4.69) is 23.5 Å². The van der Waals surface area contributed by atoms with Crippen LogP contribution in [-0.2, 0) is 27.8 Å². The molecule has 0 aromatic heterocycles. The number of hydrogen-bond acceptors (Lipinski definition) is 6. The highest BCUT2D eigenvalue weighted by Gasteiger charge is 2.26. The topological polar surface area (TPSA) is 99.3 Å². The number of ether oxygens (including phenoxy) is 1. The van der Waals surface area contributed by atoms with Gasteiger partial charge in [0.15, 0.2) is 0 Å². The minimum Gasteiger partial charge on any atom is -0.493 e. The molecular weight excluding hydrogens is 576 g/mol. The number of fused-ring (bicyclic) bond motifs is 1. The van der Waals surface area contributed by atoms with Gasteiger partial charge >= 0.3 is 0 Å². The summed E-state index contributed by atoms with van der Waals surface area (Å²) in [7, 11) is -2.14. The molecule has 0 fully saturated rings. The van der Waals surface area contributed by atoms with E-state index in [0.717, 1.165) is 36.3 Å². The molecule has 4 rings (SSSR count). The van der Waals surface area contributed by atoms with Crippen LogP contribution in [-0.4, -0.2) is 75.9 Å². The zero-order chi connectivity index (χ0) is 31.7. The Balaban J connectivity index is 1.61. The monoisotopic (exact) mass is 620 g/mol. The molecule has 0 unspecified atom stereocenters. The van der Waals surface area contributed by atoms with Crippen LogP contribution < -0.4 is 14.4 Å². The van der Waals surface area contributed by atoms with Gasteiger partial charge in [-0.05, 0) is 82.1 Å². The van der Waals surface area contributed by atoms with Crippen LogP contribution in [0.3, 0.4) is 0 Å². The number of carbonyl (C=O) groups excluding carboxylic acids is 2. The van der Waals surface area contributed by atoms with Gasteiger partial charge in [-0.15, -0.1) is 0 Å². The van der Waals surface area contributed by atoms with Gasteiger partial charge in [-0.3, -0.25) is 14.5 Å². The summed E-state index contributed by atoms with van der Waals surface area (Å²) in [6.45, 7) is 9.65. The number of hydrogen-bond donors (Lipinski definition) is 1. The zero-order valence-corrected chi connectivity index (χ0v) is 27.0. The van der Waals surface area contributed by atoms with Crippen molar-refractivity contribution in [1.29, 1.82) is 0 Å². The first kappa shape index (κ1) is 33.2. The molecule has 1 aliphatic rings. The molecular formula is C34H44N4O5S. The minimum absolute atomic E-state index is 0.00856. The van der Waals surface area contributed by atoms with Crippen LogP contribution in [0, 0.1) is 0 Å². The Bertz CT molecular complexity index is 1520. The lowest BCUT2D eigenvalue weighted by atomic mass is 10.1. The zero-order valence-electron chi connectivity index (χ0n) is 26.2. The quantitative estimate of drug-likeness (QED) is 0.372. The lowest BCUT2D eigenvalue weighted by molar-refractivity contribution is -0.132. The van der Waals surface area contributed by atoms with Crippen LogP contribution >= 0.6 is 0 Å². The van der Waals surface area contributed by atoms with Crippen LogP contribution in [0.1, 0.15) is 55.1 Å². The minimum atomic E-state index is -3.52. The molecule has 10 heteroatoms. The van der Waals surface area contributed by atoms with Crippen LogP contribution in [0.5, 0.6) is 5.75 Å². The first-order valence-corrected chi connectivity index (χ1v) is 16.8. The summed E-state index contributed by atoms with van der Waals surface area (Å²) in [5.74, 6) is 0.441. The van der Waals surface area contributed by atoms with Crippen LogP contribution in [0.2, 0.25) is 0 Å². The van der Waals surface area contributed by atoms with Crippen molar-refractivity contribution in [1.82, 2.24) is 14.5 Å². The van der Waals surface area contributed by atoms with Gasteiger partial charge in [0.05, 0.1) is 17.1 Å². The number of anilines is 1. The van der Waals surface area contributed by atoms with Gasteiger partial charge in [0.25, 0.3) is 5.91 Å². The molecule has 0 saturated carbocycles. The number of sulfonamides is 1. The second-order valence-corrected chi connectivity index (χ2v) is 13.1. The largest absolute Gasteiger partial charge is 0.493 e. The van der Waals surface area contributed by atoms with Gasteiger partial charge in [0.1, 0.15) is 5.75 Å². The highest BCUT2D eigenvalue weighted by Crippen LogP contribution is 2.28. The molecule has 1 N–H and O–H groups in total. The maximum Gasteiger partial charge on any atom is 0.262 e. The molecule has 0 bridgehead atoms. The molecule has 0 atom stereocenters. The third kappa shape index (κ3) is 8.25. The van der Waals surface area contributed by atoms with E-state index in [1.165, 1.54) is 7.05 Å². The number of carbonyl (C=O) groups is 2. The Labute approximate surface area is 261 Å². The summed E-state index contributed by atoms with van der Waals surface area (Å²) in [5, 5.41) is 0. The fourth-order valence-electron chi connectivity index (χ4n) is 5.48. The molecule has 0 aliphatic carbocycles. The number of para-hydroxylation sites is 2. The Morgan fingerprint density at radius 2 is 1.61 bits per heavy atom. The van der Waals surface area contributed by atoms with Gasteiger partial charge < -0.3 is 14.5 Å². The van der Waals surface area contributed by atoms with Gasteiger partial charge in [-0.25, -0.2) is 13.1 Å². The third-order valence-electron chi connectivity index (χ3n) is 8.00. The van der Waals surface area contributed by atoms with Crippen molar-refractivity contribution in [2.45, 2.75) is 57.5 Å². The normalized spacial score (nSPS) is 15.0. The second kappa shape index (κ2) is 15.3. The van der Waals surface area contributed by atoms with Gasteiger partial charge in [0, 0.05) is 50.9 Å². The van der Waals surface area contributed by atoms with Crippen molar-refractivity contribution in [3.63, 3.8) is 0 Å². The standard InChI is InChI=1S/C34H44N4O5S/c1-5-43-32-14-9-7-12-30(32)34(40)38-22-10-21-36(26(2)3)23-24-37(25-28-11-6-8-13-31(28)38)33(39)20-17-27-15-18-29(19-16-27)44(41,42)35-4/h6-9,11-16,18-19,26,35H,5,10,17,20-25H2,1-4H3. The predicted molar refractivity (Wildman–Crippen MR) is 173 cm³/mol. The van der Waals surface area contributed by atoms with Crippen molar-refractivity contribution in [3.8, 4) is 5.75 Å². The lowest BCUT2D eigenvalue weighted by Gasteiger charge is -2.30. The number of amides is 2. The van der Waals surface area contributed by atoms with Crippen molar-refractivity contribution < 1.29 is 22.7 Å². The van der Waals surface area contributed by atoms with E-state index in [-0.39, 0.29) is 29.2 Å². The molecule has 44 heavy (non-hydrogen) atoms. The number of rotatable bonds is 9. The summed E-state index contributed by atoms with van der Waals surface area (Å²) in [5.41, 5.74) is 3.10. The van der Waals surface area contributed by atoms with E-state index in [1.807, 2.05) is 59.2 Å². The summed E-state index contributed by atoms with van der Waals surface area (Å²) < 4.78 is 32.3. The van der Waals surface area contributed by atoms with Crippen molar-refractivity contribution >= 4 is 27.5 Å². The molecule has 3 aromatic carbocycles. The average molecular weight is 621 g/mol. The van der Waals surface area contributed by atoms with Gasteiger partial charge in [0.2, 0.25) is 15.9 Å². The SMILES string of the molecule is CCOc1ccccc1C(=O)N1CCCN(C(C)C)CCN(C(=O)CCc2ccc(S(=O)(=O)NC)cc2)Cc2ccccc21. The summed E-state index contributed by atoms with van der Waals surface area (Å²) in [6.07, 6.45) is 1.55. The predicted octanol–water partition coefficient (Wildman–Crippen LogP) is 4.72. The molecule has 1 aliphatic heterocycles. The van der Waals surface area contributed by atoms with Gasteiger partial charge in [-0.2, -0.15) is 0 Å². The fourth-order valence-corrected chi connectivity index (χ4v) is 6.21. The number of benzene rings is 3. The first-order valence-electron chi connectivity index (χ1n) is 15.3. The van der Waals surface area contributed by atoms with E-state index in [0.29, 0.717) is 44.0 Å². The van der Waals surface area contributed by atoms with Crippen molar-refractivity contribution in [2.75, 3.05) is 44.7 Å². The third-order valence-corrected chi connectivity index (χ3v) is 9.43. The van der Waals surface area contributed by atoms with E-state index < -0.39 is 10.0 Å². The Kier molecular flexibility index (Phi) is 11.5. The fraction of sp³-hybridized carbons (Fsp3) is 0.412. The van der Waals surface area contributed by atoms with Crippen molar-refractivity contribution in [2.24, 2.45) is 0 Å². The molecule has 1 heterocycles. The van der Waals surface area contributed by atoms with Crippen LogP contribution in [0.4, 0.5) is 5.69 Å². The smallest absolute Gasteiger partial charge is 0.262 e. The Morgan fingerprint density at radius 3 is 2.32 bits per heavy atom. The number of nitrogens with one attached hydrogen (secondary N) is 1. The number of aryl methyl sites for hydroxylation is 1. The van der Waals surface area contributed by atoms with E-state index in [9.17, 15) is 18.0 Å². The first-order chi connectivity index (χ1) is 21.1. The highest BCUT2D eigenvalue weighted by atomic mass is 32.2. The van der Waals surface area contributed by atoms with Crippen molar-refractivity contribution in [3.05, 3.63) is 89.5 Å². The Morgan fingerprint density at radius 1 is 0.909 bits per heavy atom. The molecule has 3 aromatic rings. The van der Waals surface area contributed by atoms with E-state index in [4.69, 9.17) is 4.74 Å².